The Morgan fingerprint density at radius 2 is 1.70 bits per heavy atom. The first-order chi connectivity index (χ1) is 13.9. The normalized spacial score (nSPS) is 26.7. The molecule has 0 amide bonds. The number of rotatable bonds is 7. The average molecular weight is 422 g/mol. The van der Waals surface area contributed by atoms with Crippen LogP contribution in [0.25, 0.3) is 0 Å². The molecular formula is C23H31FO6. The lowest BCUT2D eigenvalue weighted by Crippen LogP contribution is -2.55. The van der Waals surface area contributed by atoms with Crippen molar-refractivity contribution in [2.75, 3.05) is 13.2 Å². The van der Waals surface area contributed by atoms with Gasteiger partial charge in [-0.05, 0) is 36.5 Å². The van der Waals surface area contributed by atoms with Crippen LogP contribution in [0.4, 0.5) is 4.39 Å². The van der Waals surface area contributed by atoms with Crippen molar-refractivity contribution in [1.82, 2.24) is 0 Å². The Hall–Kier alpha value is -2.28. The lowest BCUT2D eigenvalue weighted by molar-refractivity contribution is -0.174. The molecule has 1 N–H and O–H groups in total. The second-order valence-corrected chi connectivity index (χ2v) is 9.08. The molecule has 0 spiro atoms. The van der Waals surface area contributed by atoms with Crippen LogP contribution in [0.1, 0.15) is 52.5 Å². The number of Topliss-reactive ketones (excluding diaryl/α,β-unsaturated/α-hetero) is 1. The summed E-state index contributed by atoms with van der Waals surface area (Å²) in [7, 11) is 0. The van der Waals surface area contributed by atoms with Crippen LogP contribution in [-0.2, 0) is 23.9 Å². The largest absolute Gasteiger partial charge is 0.465 e. The molecule has 0 aliphatic heterocycles. The van der Waals surface area contributed by atoms with Gasteiger partial charge in [0.15, 0.2) is 5.78 Å². The Morgan fingerprint density at radius 1 is 1.13 bits per heavy atom. The fourth-order valence-corrected chi connectivity index (χ4v) is 3.81. The predicted molar refractivity (Wildman–Crippen MR) is 108 cm³/mol. The van der Waals surface area contributed by atoms with Crippen LogP contribution < -0.4 is 0 Å². The van der Waals surface area contributed by atoms with Crippen molar-refractivity contribution < 1.29 is 33.4 Å². The zero-order valence-corrected chi connectivity index (χ0v) is 18.2. The Bertz CT molecular complexity index is 786. The minimum atomic E-state index is -1.75. The second kappa shape index (κ2) is 9.69. The highest BCUT2D eigenvalue weighted by molar-refractivity contribution is 6.02. The smallest absolute Gasteiger partial charge is 0.317 e. The van der Waals surface area contributed by atoms with Gasteiger partial charge < -0.3 is 14.6 Å². The van der Waals surface area contributed by atoms with Gasteiger partial charge in [0, 0.05) is 12.3 Å². The average Bonchev–Trinajstić information content (AvgIpc) is 2.62. The minimum absolute atomic E-state index is 0.0511. The third-order valence-electron chi connectivity index (χ3n) is 5.13. The molecule has 6 nitrogen and oxygen atoms in total. The number of esters is 2. The third kappa shape index (κ3) is 5.65. The minimum Gasteiger partial charge on any atom is -0.465 e. The van der Waals surface area contributed by atoms with Crippen molar-refractivity contribution in [3.05, 3.63) is 35.6 Å². The van der Waals surface area contributed by atoms with E-state index in [1.54, 1.807) is 0 Å². The molecule has 0 aromatic heterocycles. The molecule has 1 aliphatic carbocycles. The summed E-state index contributed by atoms with van der Waals surface area (Å²) < 4.78 is 24.7. The number of aliphatic hydroxyl groups is 1. The van der Waals surface area contributed by atoms with E-state index < -0.39 is 53.3 Å². The van der Waals surface area contributed by atoms with Gasteiger partial charge in [-0.1, -0.05) is 39.8 Å². The summed E-state index contributed by atoms with van der Waals surface area (Å²) in [6.07, 6.45) is -0.401. The molecule has 7 heteroatoms. The molecule has 1 fully saturated rings. The molecule has 0 bridgehead atoms. The first kappa shape index (κ1) is 24.0. The van der Waals surface area contributed by atoms with Gasteiger partial charge >= 0.3 is 11.9 Å². The summed E-state index contributed by atoms with van der Waals surface area (Å²) in [5, 5.41) is 11.0. The van der Waals surface area contributed by atoms with E-state index in [2.05, 4.69) is 0 Å². The number of halogens is 1. The van der Waals surface area contributed by atoms with Gasteiger partial charge in [0.25, 0.3) is 0 Å². The van der Waals surface area contributed by atoms with Crippen LogP contribution in [0, 0.1) is 29.5 Å². The monoisotopic (exact) mass is 422 g/mol. The van der Waals surface area contributed by atoms with Crippen molar-refractivity contribution >= 4 is 17.7 Å². The SMILES string of the molecule is CC(C)COC(=O)[C@H]1C(=O)C[C@](C)(O)[C@@H](C(=O)OCC(C)C)[C@H]1c1cccc(F)c1. The fraction of sp³-hybridized carbons (Fsp3) is 0.609. The van der Waals surface area contributed by atoms with Crippen LogP contribution in [0.3, 0.4) is 0 Å². The zero-order chi connectivity index (χ0) is 22.6. The summed E-state index contributed by atoms with van der Waals surface area (Å²) in [6.45, 7) is 9.05. The van der Waals surface area contributed by atoms with Gasteiger partial charge in [-0.25, -0.2) is 4.39 Å². The fourth-order valence-electron chi connectivity index (χ4n) is 3.81. The molecule has 1 aromatic rings. The lowest BCUT2D eigenvalue weighted by Gasteiger charge is -2.43. The number of carbonyl (C=O) groups is 3. The number of benzene rings is 1. The molecule has 30 heavy (non-hydrogen) atoms. The molecular weight excluding hydrogens is 391 g/mol. The highest BCUT2D eigenvalue weighted by atomic mass is 19.1. The Balaban J connectivity index is 2.53. The van der Waals surface area contributed by atoms with Crippen LogP contribution >= 0.6 is 0 Å². The van der Waals surface area contributed by atoms with E-state index in [1.807, 2.05) is 27.7 Å². The van der Waals surface area contributed by atoms with E-state index in [1.165, 1.54) is 31.2 Å². The second-order valence-electron chi connectivity index (χ2n) is 9.08. The number of ketones is 1. The quantitative estimate of drug-likeness (QED) is 0.536. The maximum absolute atomic E-state index is 14.0. The van der Waals surface area contributed by atoms with E-state index in [0.29, 0.717) is 0 Å². The van der Waals surface area contributed by atoms with Gasteiger partial charge in [0.1, 0.15) is 11.7 Å². The highest BCUT2D eigenvalue weighted by Gasteiger charge is 2.57. The van der Waals surface area contributed by atoms with Gasteiger partial charge in [-0.2, -0.15) is 0 Å². The van der Waals surface area contributed by atoms with Crippen LogP contribution in [0.15, 0.2) is 24.3 Å². The summed E-state index contributed by atoms with van der Waals surface area (Å²) in [4.78, 5) is 38.7. The van der Waals surface area contributed by atoms with Gasteiger partial charge in [0.05, 0.1) is 24.7 Å². The summed E-state index contributed by atoms with van der Waals surface area (Å²) in [6, 6.07) is 5.37. The Labute approximate surface area is 176 Å². The molecule has 1 aliphatic rings. The summed E-state index contributed by atoms with van der Waals surface area (Å²) in [5.41, 5.74) is -1.49. The Morgan fingerprint density at radius 3 is 2.23 bits per heavy atom. The first-order valence-electron chi connectivity index (χ1n) is 10.3. The molecule has 4 atom stereocenters. The van der Waals surface area contributed by atoms with Crippen molar-refractivity contribution in [3.63, 3.8) is 0 Å². The number of hydrogen-bond donors (Lipinski definition) is 1. The number of carbonyl (C=O) groups excluding carboxylic acids is 3. The van der Waals surface area contributed by atoms with E-state index in [9.17, 15) is 23.9 Å². The van der Waals surface area contributed by atoms with Gasteiger partial charge in [-0.3, -0.25) is 14.4 Å². The molecule has 0 saturated heterocycles. The van der Waals surface area contributed by atoms with Crippen molar-refractivity contribution in [2.24, 2.45) is 23.7 Å². The number of hydrogen-bond acceptors (Lipinski definition) is 6. The lowest BCUT2D eigenvalue weighted by atomic mass is 9.61. The summed E-state index contributed by atoms with van der Waals surface area (Å²) in [5.74, 6) is -6.17. The van der Waals surface area contributed by atoms with Gasteiger partial charge in [-0.15, -0.1) is 0 Å². The van der Waals surface area contributed by atoms with Crippen molar-refractivity contribution in [3.8, 4) is 0 Å². The number of ether oxygens (including phenoxy) is 2. The maximum Gasteiger partial charge on any atom is 0.317 e. The van der Waals surface area contributed by atoms with Crippen LogP contribution in [0.2, 0.25) is 0 Å². The topological polar surface area (TPSA) is 89.9 Å². The van der Waals surface area contributed by atoms with Crippen LogP contribution in [0.5, 0.6) is 0 Å². The molecule has 0 unspecified atom stereocenters. The standard InChI is InChI=1S/C23H31FO6/c1-13(2)11-29-21(26)19-17(25)10-23(5,28)20(22(27)30-12-14(3)4)18(19)15-7-6-8-16(24)9-15/h6-9,13-14,18-20,28H,10-12H2,1-5H3/t18-,19-,20+,23-/m0/s1. The van der Waals surface area contributed by atoms with E-state index >= 15 is 0 Å². The van der Waals surface area contributed by atoms with Crippen molar-refractivity contribution in [1.29, 1.82) is 0 Å². The maximum atomic E-state index is 14.0. The van der Waals surface area contributed by atoms with E-state index in [4.69, 9.17) is 9.47 Å². The zero-order valence-electron chi connectivity index (χ0n) is 18.2. The highest BCUT2D eigenvalue weighted by Crippen LogP contribution is 2.46. The molecule has 2 rings (SSSR count). The Kier molecular flexibility index (Phi) is 7.75. The first-order valence-corrected chi connectivity index (χ1v) is 10.3. The van der Waals surface area contributed by atoms with Crippen molar-refractivity contribution in [2.45, 2.75) is 52.6 Å². The molecule has 0 heterocycles. The molecule has 166 valence electrons. The molecule has 0 radical (unpaired) electrons. The van der Waals surface area contributed by atoms with Crippen LogP contribution in [-0.4, -0.2) is 41.6 Å². The third-order valence-corrected chi connectivity index (χ3v) is 5.13. The van der Waals surface area contributed by atoms with E-state index in [0.717, 1.165) is 0 Å². The molecule has 1 aromatic carbocycles. The molecule has 1 saturated carbocycles. The van der Waals surface area contributed by atoms with E-state index in [-0.39, 0.29) is 30.6 Å². The predicted octanol–water partition coefficient (Wildman–Crippen LogP) is 3.26. The summed E-state index contributed by atoms with van der Waals surface area (Å²) >= 11 is 0. The van der Waals surface area contributed by atoms with Gasteiger partial charge in [0.2, 0.25) is 0 Å².